The third-order valence-corrected chi connectivity index (χ3v) is 4.38. The quantitative estimate of drug-likeness (QED) is 0.752. The maximum Gasteiger partial charge on any atom is 0.241 e. The second-order valence-corrected chi connectivity index (χ2v) is 6.53. The van der Waals surface area contributed by atoms with E-state index in [4.69, 9.17) is 10.5 Å². The van der Waals surface area contributed by atoms with Gasteiger partial charge in [-0.15, -0.1) is 0 Å². The highest BCUT2D eigenvalue weighted by atomic mass is 32.2. The second-order valence-electron chi connectivity index (χ2n) is 4.81. The van der Waals surface area contributed by atoms with E-state index in [0.29, 0.717) is 6.61 Å². The monoisotopic (exact) mass is 304 g/mol. The number of sulfonamides is 1. The average molecular weight is 304 g/mol. The molecule has 1 aromatic rings. The van der Waals surface area contributed by atoms with Crippen molar-refractivity contribution in [3.05, 3.63) is 24.0 Å². The molecule has 0 aliphatic rings. The number of rotatable bonds is 7. The Morgan fingerprint density at radius 3 is 2.55 bits per heavy atom. The largest absolute Gasteiger partial charge is 0.396 e. The van der Waals surface area contributed by atoms with Crippen molar-refractivity contribution in [2.24, 2.45) is 5.92 Å². The first-order valence-electron chi connectivity index (χ1n) is 6.43. The molecule has 0 aliphatic carbocycles. The van der Waals surface area contributed by atoms with Gasteiger partial charge in [0.2, 0.25) is 10.0 Å². The van der Waals surface area contributed by atoms with Crippen molar-refractivity contribution in [3.8, 4) is 0 Å². The van der Waals surface area contributed by atoms with E-state index in [0.717, 1.165) is 6.07 Å². The molecule has 1 atom stereocenters. The zero-order chi connectivity index (χ0) is 15.3. The van der Waals surface area contributed by atoms with Gasteiger partial charge in [-0.05, 0) is 31.0 Å². The number of nitrogens with one attached hydrogen (secondary N) is 1. The molecule has 1 unspecified atom stereocenters. The summed E-state index contributed by atoms with van der Waals surface area (Å²) in [5.74, 6) is -0.700. The molecule has 0 saturated heterocycles. The number of hydrogen-bond donors (Lipinski definition) is 2. The molecule has 0 aliphatic heterocycles. The van der Waals surface area contributed by atoms with Crippen molar-refractivity contribution in [1.82, 2.24) is 4.72 Å². The molecule has 114 valence electrons. The Morgan fingerprint density at radius 1 is 1.40 bits per heavy atom. The highest BCUT2D eigenvalue weighted by Gasteiger charge is 2.23. The number of halogens is 1. The van der Waals surface area contributed by atoms with Crippen LogP contribution in [0.4, 0.5) is 10.1 Å². The van der Waals surface area contributed by atoms with E-state index in [1.54, 1.807) is 0 Å². The molecule has 0 radical (unpaired) electrons. The topological polar surface area (TPSA) is 81.4 Å². The van der Waals surface area contributed by atoms with Crippen LogP contribution in [0.25, 0.3) is 0 Å². The molecular formula is C13H21FN2O3S. The van der Waals surface area contributed by atoms with E-state index in [9.17, 15) is 12.8 Å². The standard InChI is InChI=1S/C13H21FN2O3S/c1-4-19-8-13(9(2)3)16-20(17,18)10-5-6-12(15)11(14)7-10/h5-7,9,13,16H,4,8,15H2,1-3H3. The number of anilines is 1. The van der Waals surface area contributed by atoms with E-state index in [-0.39, 0.29) is 29.1 Å². The fraction of sp³-hybridized carbons (Fsp3) is 0.538. The summed E-state index contributed by atoms with van der Waals surface area (Å²) >= 11 is 0. The van der Waals surface area contributed by atoms with Gasteiger partial charge in [-0.1, -0.05) is 13.8 Å². The van der Waals surface area contributed by atoms with E-state index in [1.165, 1.54) is 12.1 Å². The average Bonchev–Trinajstić information content (AvgIpc) is 2.37. The molecule has 0 aromatic heterocycles. The van der Waals surface area contributed by atoms with Crippen LogP contribution >= 0.6 is 0 Å². The summed E-state index contributed by atoms with van der Waals surface area (Å²) in [4.78, 5) is -0.147. The smallest absolute Gasteiger partial charge is 0.241 e. The highest BCUT2D eigenvalue weighted by molar-refractivity contribution is 7.89. The lowest BCUT2D eigenvalue weighted by molar-refractivity contribution is 0.116. The molecule has 1 rings (SSSR count). The predicted octanol–water partition coefficient (Wildman–Crippen LogP) is 1.75. The van der Waals surface area contributed by atoms with Crippen LogP contribution in [-0.2, 0) is 14.8 Å². The van der Waals surface area contributed by atoms with Gasteiger partial charge in [-0.25, -0.2) is 17.5 Å². The van der Waals surface area contributed by atoms with Gasteiger partial charge in [0, 0.05) is 12.6 Å². The second kappa shape index (κ2) is 7.01. The van der Waals surface area contributed by atoms with Crippen LogP contribution in [0.3, 0.4) is 0 Å². The maximum absolute atomic E-state index is 13.4. The Bertz CT molecular complexity index is 547. The lowest BCUT2D eigenvalue weighted by Crippen LogP contribution is -2.41. The molecule has 0 amide bonds. The molecule has 0 spiro atoms. The minimum Gasteiger partial charge on any atom is -0.396 e. The van der Waals surface area contributed by atoms with Gasteiger partial charge in [0.15, 0.2) is 0 Å². The first kappa shape index (κ1) is 16.9. The van der Waals surface area contributed by atoms with Crippen LogP contribution in [0.2, 0.25) is 0 Å². The van der Waals surface area contributed by atoms with Crippen molar-refractivity contribution in [2.75, 3.05) is 18.9 Å². The minimum absolute atomic E-state index is 0.0509. The number of benzene rings is 1. The van der Waals surface area contributed by atoms with Crippen molar-refractivity contribution in [2.45, 2.75) is 31.7 Å². The Morgan fingerprint density at radius 2 is 2.05 bits per heavy atom. The van der Waals surface area contributed by atoms with E-state index in [2.05, 4.69) is 4.72 Å². The summed E-state index contributed by atoms with van der Waals surface area (Å²) in [6.07, 6.45) is 0. The molecule has 0 heterocycles. The maximum atomic E-state index is 13.4. The van der Waals surface area contributed by atoms with Crippen LogP contribution in [0.15, 0.2) is 23.1 Å². The highest BCUT2D eigenvalue weighted by Crippen LogP contribution is 2.17. The lowest BCUT2D eigenvalue weighted by Gasteiger charge is -2.22. The fourth-order valence-corrected chi connectivity index (χ4v) is 2.93. The Balaban J connectivity index is 2.94. The van der Waals surface area contributed by atoms with E-state index < -0.39 is 15.8 Å². The molecule has 3 N–H and O–H groups in total. The third kappa shape index (κ3) is 4.43. The van der Waals surface area contributed by atoms with Crippen molar-refractivity contribution in [1.29, 1.82) is 0 Å². The summed E-state index contributed by atoms with van der Waals surface area (Å²) in [6, 6.07) is 3.05. The zero-order valence-corrected chi connectivity index (χ0v) is 12.7. The minimum atomic E-state index is -3.80. The van der Waals surface area contributed by atoms with Gasteiger partial charge in [-0.2, -0.15) is 0 Å². The first-order valence-corrected chi connectivity index (χ1v) is 7.91. The summed E-state index contributed by atoms with van der Waals surface area (Å²) in [7, 11) is -3.80. The molecule has 0 fully saturated rings. The zero-order valence-electron chi connectivity index (χ0n) is 11.9. The fourth-order valence-electron chi connectivity index (χ4n) is 1.55. The molecule has 7 heteroatoms. The van der Waals surface area contributed by atoms with Crippen LogP contribution in [0.5, 0.6) is 0 Å². The van der Waals surface area contributed by atoms with Gasteiger partial charge in [0.25, 0.3) is 0 Å². The summed E-state index contributed by atoms with van der Waals surface area (Å²) < 4.78 is 45.6. The summed E-state index contributed by atoms with van der Waals surface area (Å²) in [5.41, 5.74) is 5.25. The normalized spacial score (nSPS) is 13.7. The molecule has 0 saturated carbocycles. The van der Waals surface area contributed by atoms with Gasteiger partial charge in [0.1, 0.15) is 5.82 Å². The van der Waals surface area contributed by atoms with Crippen LogP contribution in [-0.4, -0.2) is 27.7 Å². The molecule has 20 heavy (non-hydrogen) atoms. The van der Waals surface area contributed by atoms with Gasteiger partial charge < -0.3 is 10.5 Å². The van der Waals surface area contributed by atoms with E-state index >= 15 is 0 Å². The Labute approximate surface area is 119 Å². The lowest BCUT2D eigenvalue weighted by atomic mass is 10.1. The number of ether oxygens (including phenoxy) is 1. The van der Waals surface area contributed by atoms with Crippen molar-refractivity contribution < 1.29 is 17.5 Å². The Hall–Kier alpha value is -1.18. The number of hydrogen-bond acceptors (Lipinski definition) is 4. The molecular weight excluding hydrogens is 283 g/mol. The predicted molar refractivity (Wildman–Crippen MR) is 76.3 cm³/mol. The van der Waals surface area contributed by atoms with Crippen LogP contribution < -0.4 is 10.5 Å². The Kier molecular flexibility index (Phi) is 5.91. The molecule has 1 aromatic carbocycles. The van der Waals surface area contributed by atoms with Crippen LogP contribution in [0, 0.1) is 11.7 Å². The van der Waals surface area contributed by atoms with E-state index in [1.807, 2.05) is 20.8 Å². The number of nitrogen functional groups attached to an aromatic ring is 1. The van der Waals surface area contributed by atoms with Gasteiger partial charge in [0.05, 0.1) is 17.2 Å². The summed E-state index contributed by atoms with van der Waals surface area (Å²) in [5, 5.41) is 0. The molecule has 5 nitrogen and oxygen atoms in total. The van der Waals surface area contributed by atoms with Gasteiger partial charge >= 0.3 is 0 Å². The first-order chi connectivity index (χ1) is 9.27. The van der Waals surface area contributed by atoms with Crippen LogP contribution in [0.1, 0.15) is 20.8 Å². The molecule has 0 bridgehead atoms. The van der Waals surface area contributed by atoms with Crippen molar-refractivity contribution >= 4 is 15.7 Å². The summed E-state index contributed by atoms with van der Waals surface area (Å²) in [6.45, 7) is 6.37. The number of nitrogens with two attached hydrogens (primary N) is 1. The third-order valence-electron chi connectivity index (χ3n) is 2.90. The SMILES string of the molecule is CCOCC(NS(=O)(=O)c1ccc(N)c(F)c1)C(C)C. The van der Waals surface area contributed by atoms with Gasteiger partial charge in [-0.3, -0.25) is 0 Å². The van der Waals surface area contributed by atoms with Crippen molar-refractivity contribution in [3.63, 3.8) is 0 Å².